The highest BCUT2D eigenvalue weighted by Crippen LogP contribution is 2.21. The second kappa shape index (κ2) is 5.54. The summed E-state index contributed by atoms with van der Waals surface area (Å²) in [6.45, 7) is 0.232. The van der Waals surface area contributed by atoms with Crippen LogP contribution < -0.4 is 0 Å². The van der Waals surface area contributed by atoms with E-state index in [1.807, 2.05) is 0 Å². The smallest absolute Gasteiger partial charge is 0.309 e. The summed E-state index contributed by atoms with van der Waals surface area (Å²) in [4.78, 5) is 11.4. The Hall–Kier alpha value is -0.670. The molecule has 1 heterocycles. The molecular formula is C9H17NO6S2. The van der Waals surface area contributed by atoms with Gasteiger partial charge in [-0.1, -0.05) is 0 Å². The summed E-state index contributed by atoms with van der Waals surface area (Å²) in [5.74, 6) is -0.979. The lowest BCUT2D eigenvalue weighted by Gasteiger charge is -2.30. The van der Waals surface area contributed by atoms with Crippen molar-refractivity contribution in [2.45, 2.75) is 12.8 Å². The summed E-state index contributed by atoms with van der Waals surface area (Å²) in [5.41, 5.74) is 0. The number of piperidine rings is 1. The maximum atomic E-state index is 11.9. The molecule has 1 saturated heterocycles. The number of hydrogen-bond donors (Lipinski definition) is 0. The van der Waals surface area contributed by atoms with Gasteiger partial charge in [-0.25, -0.2) is 21.1 Å². The normalized spacial score (nSPS) is 22.7. The van der Waals surface area contributed by atoms with E-state index < -0.39 is 36.8 Å². The Morgan fingerprint density at radius 3 is 2.44 bits per heavy atom. The number of nitrogens with zero attached hydrogens (tertiary/aromatic N) is 1. The third kappa shape index (κ3) is 4.21. The SMILES string of the molecule is COC(=O)C1CCCN(S(=O)(=O)CS(C)(=O)=O)C1. The van der Waals surface area contributed by atoms with Gasteiger partial charge in [-0.2, -0.15) is 0 Å². The third-order valence-corrected chi connectivity index (χ3v) is 6.70. The summed E-state index contributed by atoms with van der Waals surface area (Å²) in [5, 5.41) is -0.923. The van der Waals surface area contributed by atoms with Crippen LogP contribution in [0.15, 0.2) is 0 Å². The van der Waals surface area contributed by atoms with Crippen molar-refractivity contribution in [2.75, 3.05) is 31.5 Å². The molecule has 7 nitrogen and oxygen atoms in total. The number of hydrogen-bond acceptors (Lipinski definition) is 6. The Morgan fingerprint density at radius 2 is 1.94 bits per heavy atom. The van der Waals surface area contributed by atoms with Crippen molar-refractivity contribution in [1.82, 2.24) is 4.31 Å². The van der Waals surface area contributed by atoms with Gasteiger partial charge < -0.3 is 4.74 Å². The van der Waals surface area contributed by atoms with Crippen LogP contribution in [0.4, 0.5) is 0 Å². The van der Waals surface area contributed by atoms with Crippen molar-refractivity contribution in [1.29, 1.82) is 0 Å². The van der Waals surface area contributed by atoms with Crippen LogP contribution in [0.3, 0.4) is 0 Å². The molecular weight excluding hydrogens is 282 g/mol. The second-order valence-electron chi connectivity index (χ2n) is 4.38. The Bertz CT molecular complexity index is 509. The van der Waals surface area contributed by atoms with Gasteiger partial charge in [-0.3, -0.25) is 4.79 Å². The Labute approximate surface area is 107 Å². The fourth-order valence-electron chi connectivity index (χ4n) is 1.90. The average Bonchev–Trinajstić information content (AvgIpc) is 2.25. The largest absolute Gasteiger partial charge is 0.469 e. The van der Waals surface area contributed by atoms with Crippen LogP contribution in [0.25, 0.3) is 0 Å². The molecule has 0 aromatic rings. The molecule has 1 aliphatic rings. The summed E-state index contributed by atoms with van der Waals surface area (Å²) in [6.07, 6.45) is 1.94. The van der Waals surface area contributed by atoms with E-state index in [-0.39, 0.29) is 13.1 Å². The van der Waals surface area contributed by atoms with E-state index in [0.717, 1.165) is 10.6 Å². The lowest BCUT2D eigenvalue weighted by molar-refractivity contribution is -0.146. The molecule has 0 saturated carbocycles. The standard InChI is InChI=1S/C9H17NO6S2/c1-16-9(11)8-4-3-5-10(6-8)18(14,15)7-17(2,12)13/h8H,3-7H2,1-2H3. The minimum Gasteiger partial charge on any atom is -0.469 e. The van der Waals surface area contributed by atoms with Crippen molar-refractivity contribution in [3.63, 3.8) is 0 Å². The molecule has 0 aliphatic carbocycles. The van der Waals surface area contributed by atoms with Gasteiger partial charge >= 0.3 is 5.97 Å². The van der Waals surface area contributed by atoms with Crippen molar-refractivity contribution in [3.05, 3.63) is 0 Å². The molecule has 1 fully saturated rings. The van der Waals surface area contributed by atoms with Gasteiger partial charge in [0.2, 0.25) is 10.0 Å². The molecule has 0 spiro atoms. The van der Waals surface area contributed by atoms with Crippen LogP contribution in [-0.2, 0) is 29.4 Å². The molecule has 18 heavy (non-hydrogen) atoms. The fourth-order valence-corrected chi connectivity index (χ4v) is 5.47. The molecule has 1 atom stereocenters. The number of sulfonamides is 1. The number of esters is 1. The van der Waals surface area contributed by atoms with Crippen molar-refractivity contribution >= 4 is 25.8 Å². The van der Waals surface area contributed by atoms with Crippen LogP contribution >= 0.6 is 0 Å². The van der Waals surface area contributed by atoms with Crippen LogP contribution in [0.5, 0.6) is 0 Å². The number of carbonyl (C=O) groups excluding carboxylic acids is 1. The van der Waals surface area contributed by atoms with E-state index in [1.54, 1.807) is 0 Å². The number of carbonyl (C=O) groups is 1. The molecule has 0 radical (unpaired) electrons. The second-order valence-corrected chi connectivity index (χ2v) is 8.85. The molecule has 1 aliphatic heterocycles. The number of sulfone groups is 1. The van der Waals surface area contributed by atoms with Crippen molar-refractivity contribution in [3.8, 4) is 0 Å². The van der Waals surface area contributed by atoms with E-state index >= 15 is 0 Å². The van der Waals surface area contributed by atoms with E-state index in [4.69, 9.17) is 0 Å². The zero-order valence-electron chi connectivity index (χ0n) is 10.3. The zero-order chi connectivity index (χ0) is 14.0. The molecule has 1 rings (SSSR count). The van der Waals surface area contributed by atoms with Gasteiger partial charge in [0.1, 0.15) is 0 Å². The monoisotopic (exact) mass is 299 g/mol. The average molecular weight is 299 g/mol. The summed E-state index contributed by atoms with van der Waals surface area (Å²) in [7, 11) is -6.26. The zero-order valence-corrected chi connectivity index (χ0v) is 12.0. The molecule has 9 heteroatoms. The third-order valence-electron chi connectivity index (χ3n) is 2.68. The molecule has 0 amide bonds. The van der Waals surface area contributed by atoms with Gasteiger partial charge in [0.05, 0.1) is 13.0 Å². The van der Waals surface area contributed by atoms with E-state index in [0.29, 0.717) is 12.8 Å². The predicted molar refractivity (Wildman–Crippen MR) is 64.9 cm³/mol. The molecule has 106 valence electrons. The minimum atomic E-state index is -3.88. The molecule has 0 bridgehead atoms. The summed E-state index contributed by atoms with van der Waals surface area (Å²) >= 11 is 0. The Kier molecular flexibility index (Phi) is 4.73. The summed E-state index contributed by atoms with van der Waals surface area (Å²) in [6, 6.07) is 0. The maximum Gasteiger partial charge on any atom is 0.309 e. The van der Waals surface area contributed by atoms with E-state index in [1.165, 1.54) is 7.11 Å². The quantitative estimate of drug-likeness (QED) is 0.631. The highest BCUT2D eigenvalue weighted by Gasteiger charge is 2.34. The Balaban J connectivity index is 2.81. The van der Waals surface area contributed by atoms with Gasteiger partial charge in [-0.05, 0) is 12.8 Å². The molecule has 1 unspecified atom stereocenters. The molecule has 0 aromatic heterocycles. The van der Waals surface area contributed by atoms with Crippen LogP contribution in [0.2, 0.25) is 0 Å². The predicted octanol–water partition coefficient (Wildman–Crippen LogP) is -0.797. The van der Waals surface area contributed by atoms with Crippen molar-refractivity contribution in [2.24, 2.45) is 5.92 Å². The van der Waals surface area contributed by atoms with Crippen LogP contribution in [0.1, 0.15) is 12.8 Å². The first-order valence-electron chi connectivity index (χ1n) is 5.39. The van der Waals surface area contributed by atoms with Crippen molar-refractivity contribution < 1.29 is 26.4 Å². The number of rotatable bonds is 4. The molecule has 0 N–H and O–H groups in total. The minimum absolute atomic E-state index is 0.00940. The van der Waals surface area contributed by atoms with Gasteiger partial charge in [0.25, 0.3) is 0 Å². The van der Waals surface area contributed by atoms with E-state index in [9.17, 15) is 21.6 Å². The number of ether oxygens (including phenoxy) is 1. The topological polar surface area (TPSA) is 97.8 Å². The fraction of sp³-hybridized carbons (Fsp3) is 0.889. The maximum absolute atomic E-state index is 11.9. The van der Waals surface area contributed by atoms with Gasteiger partial charge in [0.15, 0.2) is 14.9 Å². The van der Waals surface area contributed by atoms with E-state index in [2.05, 4.69) is 4.74 Å². The van der Waals surface area contributed by atoms with Crippen LogP contribution in [-0.4, -0.2) is 58.7 Å². The first-order chi connectivity index (χ1) is 8.15. The lowest BCUT2D eigenvalue weighted by atomic mass is 10.0. The first-order valence-corrected chi connectivity index (χ1v) is 9.06. The lowest BCUT2D eigenvalue weighted by Crippen LogP contribution is -2.44. The highest BCUT2D eigenvalue weighted by molar-refractivity contribution is 8.06. The van der Waals surface area contributed by atoms with Gasteiger partial charge in [0, 0.05) is 19.3 Å². The highest BCUT2D eigenvalue weighted by atomic mass is 32.3. The summed E-state index contributed by atoms with van der Waals surface area (Å²) < 4.78 is 51.5. The van der Waals surface area contributed by atoms with Crippen LogP contribution in [0, 0.1) is 5.92 Å². The Morgan fingerprint density at radius 1 is 1.33 bits per heavy atom. The molecule has 0 aromatic carbocycles. The van der Waals surface area contributed by atoms with Gasteiger partial charge in [-0.15, -0.1) is 0 Å². The first kappa shape index (κ1) is 15.4. The number of methoxy groups -OCH3 is 1.